The van der Waals surface area contributed by atoms with Crippen LogP contribution in [0, 0.1) is 0 Å². The highest BCUT2D eigenvalue weighted by atomic mass is 16.1. The lowest BCUT2D eigenvalue weighted by Crippen LogP contribution is -2.45. The molecule has 14 heavy (non-hydrogen) atoms. The molecule has 1 unspecified atom stereocenters. The van der Waals surface area contributed by atoms with Crippen molar-refractivity contribution in [1.82, 2.24) is 15.2 Å². The summed E-state index contributed by atoms with van der Waals surface area (Å²) in [5, 5.41) is 3.27. The molecule has 2 heterocycles. The van der Waals surface area contributed by atoms with Crippen molar-refractivity contribution in [2.24, 2.45) is 0 Å². The monoisotopic (exact) mass is 191 g/mol. The van der Waals surface area contributed by atoms with Gasteiger partial charge in [-0.2, -0.15) is 0 Å². The lowest BCUT2D eigenvalue weighted by atomic mass is 10.1. The largest absolute Gasteiger partial charge is 0.336 e. The van der Waals surface area contributed by atoms with E-state index in [2.05, 4.69) is 10.3 Å². The van der Waals surface area contributed by atoms with Gasteiger partial charge in [0.05, 0.1) is 6.04 Å². The molecule has 0 aliphatic carbocycles. The molecule has 1 atom stereocenters. The van der Waals surface area contributed by atoms with Crippen molar-refractivity contribution in [2.45, 2.75) is 6.04 Å². The molecule has 2 rings (SSSR count). The normalized spacial score (nSPS) is 22.0. The third-order valence-electron chi connectivity index (χ3n) is 2.49. The number of carbonyl (C=O) groups excluding carboxylic acids is 1. The molecule has 4 heteroatoms. The number of aromatic nitrogens is 1. The Morgan fingerprint density at radius 1 is 1.64 bits per heavy atom. The number of piperazine rings is 1. The first-order valence-electron chi connectivity index (χ1n) is 4.73. The van der Waals surface area contributed by atoms with E-state index < -0.39 is 0 Å². The molecule has 1 aromatic rings. The molecule has 1 amide bonds. The summed E-state index contributed by atoms with van der Waals surface area (Å²) in [6, 6.07) is 4.03. The molecule has 1 N–H and O–H groups in total. The molecular formula is C10H13N3O. The van der Waals surface area contributed by atoms with Crippen molar-refractivity contribution in [3.05, 3.63) is 30.1 Å². The molecule has 1 fully saturated rings. The van der Waals surface area contributed by atoms with Gasteiger partial charge in [-0.15, -0.1) is 0 Å². The number of nitrogens with zero attached hydrogens (tertiary/aromatic N) is 2. The standard InChI is InChI=1S/C10H13N3O/c14-8-13-5-4-12-7-10(13)9-2-1-3-11-6-9/h1-3,6,8,10,12H,4-5,7H2. The zero-order chi connectivity index (χ0) is 9.80. The first kappa shape index (κ1) is 9.15. The van der Waals surface area contributed by atoms with E-state index in [9.17, 15) is 4.79 Å². The maximum Gasteiger partial charge on any atom is 0.210 e. The summed E-state index contributed by atoms with van der Waals surface area (Å²) in [4.78, 5) is 16.7. The lowest BCUT2D eigenvalue weighted by molar-refractivity contribution is -0.121. The highest BCUT2D eigenvalue weighted by Gasteiger charge is 2.21. The van der Waals surface area contributed by atoms with Crippen LogP contribution in [-0.2, 0) is 4.79 Å². The van der Waals surface area contributed by atoms with Gasteiger partial charge < -0.3 is 10.2 Å². The van der Waals surface area contributed by atoms with Gasteiger partial charge in [0.2, 0.25) is 6.41 Å². The van der Waals surface area contributed by atoms with Crippen LogP contribution in [0.25, 0.3) is 0 Å². The van der Waals surface area contributed by atoms with Crippen molar-refractivity contribution in [2.75, 3.05) is 19.6 Å². The smallest absolute Gasteiger partial charge is 0.210 e. The molecule has 0 saturated carbocycles. The van der Waals surface area contributed by atoms with Crippen LogP contribution in [0.5, 0.6) is 0 Å². The molecule has 1 aromatic heterocycles. The van der Waals surface area contributed by atoms with Crippen LogP contribution in [0.2, 0.25) is 0 Å². The second-order valence-electron chi connectivity index (χ2n) is 3.35. The van der Waals surface area contributed by atoms with E-state index in [1.807, 2.05) is 23.2 Å². The average molecular weight is 191 g/mol. The van der Waals surface area contributed by atoms with Gasteiger partial charge >= 0.3 is 0 Å². The molecular weight excluding hydrogens is 178 g/mol. The summed E-state index contributed by atoms with van der Waals surface area (Å²) >= 11 is 0. The van der Waals surface area contributed by atoms with Crippen LogP contribution in [0.15, 0.2) is 24.5 Å². The fraction of sp³-hybridized carbons (Fsp3) is 0.400. The zero-order valence-electron chi connectivity index (χ0n) is 7.89. The van der Waals surface area contributed by atoms with Gasteiger partial charge in [-0.1, -0.05) is 6.07 Å². The summed E-state index contributed by atoms with van der Waals surface area (Å²) in [6.45, 7) is 2.45. The molecule has 0 spiro atoms. The van der Waals surface area contributed by atoms with E-state index in [0.29, 0.717) is 0 Å². The van der Waals surface area contributed by atoms with E-state index >= 15 is 0 Å². The van der Waals surface area contributed by atoms with Crippen LogP contribution in [0.1, 0.15) is 11.6 Å². The van der Waals surface area contributed by atoms with Crippen LogP contribution in [0.4, 0.5) is 0 Å². The zero-order valence-corrected chi connectivity index (χ0v) is 7.89. The summed E-state index contributed by atoms with van der Waals surface area (Å²) in [5.41, 5.74) is 1.09. The SMILES string of the molecule is O=CN1CCNCC1c1cccnc1. The quantitative estimate of drug-likeness (QED) is 0.678. The highest BCUT2D eigenvalue weighted by molar-refractivity contribution is 5.49. The first-order chi connectivity index (χ1) is 6.92. The second-order valence-corrected chi connectivity index (χ2v) is 3.35. The van der Waals surface area contributed by atoms with Crippen LogP contribution >= 0.6 is 0 Å². The minimum absolute atomic E-state index is 0.134. The fourth-order valence-corrected chi connectivity index (χ4v) is 1.73. The Kier molecular flexibility index (Phi) is 2.74. The summed E-state index contributed by atoms with van der Waals surface area (Å²) in [6.07, 6.45) is 4.47. The molecule has 1 aliphatic heterocycles. The Bertz CT molecular complexity index is 301. The fourth-order valence-electron chi connectivity index (χ4n) is 1.73. The number of rotatable bonds is 2. The van der Waals surface area contributed by atoms with Gasteiger partial charge in [-0.3, -0.25) is 9.78 Å². The second kappa shape index (κ2) is 4.19. The third-order valence-corrected chi connectivity index (χ3v) is 2.49. The number of hydrogen-bond acceptors (Lipinski definition) is 3. The Labute approximate surface area is 82.9 Å². The van der Waals surface area contributed by atoms with Gasteiger partial charge in [0.15, 0.2) is 0 Å². The van der Waals surface area contributed by atoms with Gasteiger partial charge in [0.1, 0.15) is 0 Å². The van der Waals surface area contributed by atoms with Gasteiger partial charge in [0, 0.05) is 32.0 Å². The maximum absolute atomic E-state index is 10.8. The maximum atomic E-state index is 10.8. The number of carbonyl (C=O) groups is 1. The molecule has 0 aromatic carbocycles. The first-order valence-corrected chi connectivity index (χ1v) is 4.73. The van der Waals surface area contributed by atoms with Crippen molar-refractivity contribution < 1.29 is 4.79 Å². The molecule has 0 bridgehead atoms. The summed E-state index contributed by atoms with van der Waals surface area (Å²) in [5.74, 6) is 0. The lowest BCUT2D eigenvalue weighted by Gasteiger charge is -2.33. The predicted molar refractivity (Wildman–Crippen MR) is 52.6 cm³/mol. The Morgan fingerprint density at radius 2 is 2.57 bits per heavy atom. The van der Waals surface area contributed by atoms with E-state index in [0.717, 1.165) is 31.6 Å². The third kappa shape index (κ3) is 1.75. The summed E-state index contributed by atoms with van der Waals surface area (Å²) < 4.78 is 0. The number of pyridine rings is 1. The number of amides is 1. The molecule has 0 radical (unpaired) electrons. The Morgan fingerprint density at radius 3 is 3.29 bits per heavy atom. The van der Waals surface area contributed by atoms with Crippen molar-refractivity contribution >= 4 is 6.41 Å². The van der Waals surface area contributed by atoms with Gasteiger partial charge in [-0.25, -0.2) is 0 Å². The van der Waals surface area contributed by atoms with E-state index in [1.54, 1.807) is 6.20 Å². The van der Waals surface area contributed by atoms with Crippen LogP contribution in [0.3, 0.4) is 0 Å². The highest BCUT2D eigenvalue weighted by Crippen LogP contribution is 2.19. The van der Waals surface area contributed by atoms with E-state index in [1.165, 1.54) is 0 Å². The van der Waals surface area contributed by atoms with Crippen LogP contribution < -0.4 is 5.32 Å². The van der Waals surface area contributed by atoms with Crippen molar-refractivity contribution in [1.29, 1.82) is 0 Å². The molecule has 4 nitrogen and oxygen atoms in total. The van der Waals surface area contributed by atoms with Crippen LogP contribution in [-0.4, -0.2) is 35.9 Å². The predicted octanol–water partition coefficient (Wildman–Crippen LogP) is 0.184. The van der Waals surface area contributed by atoms with Gasteiger partial charge in [-0.05, 0) is 11.6 Å². The Balaban J connectivity index is 2.19. The van der Waals surface area contributed by atoms with Crippen molar-refractivity contribution in [3.8, 4) is 0 Å². The number of nitrogens with one attached hydrogen (secondary N) is 1. The minimum Gasteiger partial charge on any atom is -0.336 e. The Hall–Kier alpha value is -1.42. The molecule has 1 aliphatic rings. The average Bonchev–Trinajstić information content (AvgIpc) is 2.30. The summed E-state index contributed by atoms with van der Waals surface area (Å²) in [7, 11) is 0. The molecule has 74 valence electrons. The van der Waals surface area contributed by atoms with Crippen molar-refractivity contribution in [3.63, 3.8) is 0 Å². The molecule has 1 saturated heterocycles. The topological polar surface area (TPSA) is 45.2 Å². The van der Waals surface area contributed by atoms with E-state index in [4.69, 9.17) is 0 Å². The number of hydrogen-bond donors (Lipinski definition) is 1. The van der Waals surface area contributed by atoms with E-state index in [-0.39, 0.29) is 6.04 Å². The minimum atomic E-state index is 0.134. The van der Waals surface area contributed by atoms with Gasteiger partial charge in [0.25, 0.3) is 0 Å².